The number of rotatable bonds is 2. The van der Waals surface area contributed by atoms with Crippen LogP contribution in [0, 0.1) is 13.8 Å². The van der Waals surface area contributed by atoms with E-state index in [9.17, 15) is 0 Å². The molecule has 2 aromatic rings. The molecule has 0 saturated carbocycles. The Morgan fingerprint density at radius 2 is 2.22 bits per heavy atom. The molecule has 0 saturated heterocycles. The topological polar surface area (TPSA) is 89.3 Å². The number of aromatic nitrogens is 3. The minimum atomic E-state index is -0.0140. The summed E-state index contributed by atoms with van der Waals surface area (Å²) in [5, 5.41) is 16.6. The maximum Gasteiger partial charge on any atom is 0.174 e. The van der Waals surface area contributed by atoms with Crippen LogP contribution in [0.25, 0.3) is 5.82 Å². The van der Waals surface area contributed by atoms with E-state index in [2.05, 4.69) is 15.2 Å². The lowest BCUT2D eigenvalue weighted by atomic mass is 10.1. The molecule has 0 atom stereocenters. The van der Waals surface area contributed by atoms with Gasteiger partial charge >= 0.3 is 0 Å². The van der Waals surface area contributed by atoms with E-state index in [0.29, 0.717) is 22.1 Å². The van der Waals surface area contributed by atoms with Gasteiger partial charge in [0.25, 0.3) is 0 Å². The zero-order valence-electron chi connectivity index (χ0n) is 9.92. The number of pyridine rings is 1. The lowest BCUT2D eigenvalue weighted by Crippen LogP contribution is -2.19. The maximum absolute atomic E-state index is 8.82. The third-order valence-electron chi connectivity index (χ3n) is 2.56. The van der Waals surface area contributed by atoms with E-state index < -0.39 is 0 Å². The fraction of sp³-hybridized carbons (Fsp3) is 0.182. The molecule has 6 nitrogen and oxygen atoms in total. The Morgan fingerprint density at radius 1 is 1.50 bits per heavy atom. The van der Waals surface area contributed by atoms with Gasteiger partial charge in [-0.3, -0.25) is 0 Å². The molecule has 0 spiro atoms. The van der Waals surface area contributed by atoms with Crippen LogP contribution in [0.4, 0.5) is 0 Å². The monoisotopic (exact) mass is 265 g/mol. The lowest BCUT2D eigenvalue weighted by Gasteiger charge is -2.09. The van der Waals surface area contributed by atoms with E-state index in [-0.39, 0.29) is 5.84 Å². The van der Waals surface area contributed by atoms with Gasteiger partial charge in [-0.05, 0) is 25.5 Å². The van der Waals surface area contributed by atoms with Crippen molar-refractivity contribution in [3.63, 3.8) is 0 Å². The number of oxime groups is 1. The number of halogens is 1. The maximum atomic E-state index is 8.82. The SMILES string of the molecule is Cc1ccnc(-n2cc(Cl)c(C)n2)c1/C(N)=N/O. The van der Waals surface area contributed by atoms with Gasteiger partial charge in [-0.15, -0.1) is 0 Å². The Bertz CT molecular complexity index is 600. The number of nitrogens with zero attached hydrogens (tertiary/aromatic N) is 4. The third kappa shape index (κ3) is 2.02. The van der Waals surface area contributed by atoms with Gasteiger partial charge in [0.2, 0.25) is 0 Å². The zero-order chi connectivity index (χ0) is 13.3. The Balaban J connectivity index is 2.68. The van der Waals surface area contributed by atoms with Gasteiger partial charge in [-0.25, -0.2) is 9.67 Å². The lowest BCUT2D eigenvalue weighted by molar-refractivity contribution is 0.318. The first kappa shape index (κ1) is 12.4. The number of hydrogen-bond acceptors (Lipinski definition) is 4. The number of nitrogens with two attached hydrogens (primary N) is 1. The van der Waals surface area contributed by atoms with Crippen molar-refractivity contribution in [1.29, 1.82) is 0 Å². The van der Waals surface area contributed by atoms with Crippen molar-refractivity contribution in [2.75, 3.05) is 0 Å². The van der Waals surface area contributed by atoms with Crippen molar-refractivity contribution in [2.45, 2.75) is 13.8 Å². The van der Waals surface area contributed by atoms with Gasteiger partial charge < -0.3 is 10.9 Å². The van der Waals surface area contributed by atoms with Crippen LogP contribution in [-0.2, 0) is 0 Å². The summed E-state index contributed by atoms with van der Waals surface area (Å²) >= 11 is 5.96. The summed E-state index contributed by atoms with van der Waals surface area (Å²) in [4.78, 5) is 4.20. The summed E-state index contributed by atoms with van der Waals surface area (Å²) in [6.07, 6.45) is 3.26. The van der Waals surface area contributed by atoms with E-state index in [1.54, 1.807) is 25.4 Å². The molecular formula is C11H12ClN5O. The van der Waals surface area contributed by atoms with Gasteiger partial charge in [0.1, 0.15) is 0 Å². The standard InChI is InChI=1S/C11H12ClN5O/c1-6-3-4-14-11(9(6)10(13)16-18)17-5-8(12)7(2)15-17/h3-5,18H,1-2H3,(H2,13,16). The molecule has 0 radical (unpaired) electrons. The fourth-order valence-corrected chi connectivity index (χ4v) is 1.76. The first-order chi connectivity index (χ1) is 8.54. The largest absolute Gasteiger partial charge is 0.409 e. The van der Waals surface area contributed by atoms with Crippen molar-refractivity contribution in [3.8, 4) is 5.82 Å². The zero-order valence-corrected chi connectivity index (χ0v) is 10.7. The van der Waals surface area contributed by atoms with Crippen LogP contribution >= 0.6 is 11.6 Å². The molecule has 7 heteroatoms. The van der Waals surface area contributed by atoms with Crippen molar-refractivity contribution < 1.29 is 5.21 Å². The summed E-state index contributed by atoms with van der Waals surface area (Å²) in [5.41, 5.74) is 7.71. The summed E-state index contributed by atoms with van der Waals surface area (Å²) in [6.45, 7) is 3.63. The molecule has 2 rings (SSSR count). The molecule has 0 aliphatic carbocycles. The van der Waals surface area contributed by atoms with Gasteiger partial charge in [-0.2, -0.15) is 5.10 Å². The molecular weight excluding hydrogens is 254 g/mol. The molecule has 18 heavy (non-hydrogen) atoms. The summed E-state index contributed by atoms with van der Waals surface area (Å²) in [6, 6.07) is 1.77. The van der Waals surface area contributed by atoms with Crippen LogP contribution in [0.3, 0.4) is 0 Å². The Labute approximate surface area is 109 Å². The third-order valence-corrected chi connectivity index (χ3v) is 2.93. The highest BCUT2D eigenvalue weighted by Gasteiger charge is 2.15. The molecule has 0 aromatic carbocycles. The second kappa shape index (κ2) is 4.66. The second-order valence-electron chi connectivity index (χ2n) is 3.82. The first-order valence-corrected chi connectivity index (χ1v) is 5.58. The Kier molecular flexibility index (Phi) is 3.20. The van der Waals surface area contributed by atoms with Gasteiger partial charge in [0.05, 0.1) is 22.5 Å². The number of amidine groups is 1. The van der Waals surface area contributed by atoms with Crippen LogP contribution < -0.4 is 5.73 Å². The molecule has 94 valence electrons. The minimum absolute atomic E-state index is 0.0140. The van der Waals surface area contributed by atoms with E-state index in [1.807, 2.05) is 6.92 Å². The summed E-state index contributed by atoms with van der Waals surface area (Å²) in [5.74, 6) is 0.458. The Hall–Kier alpha value is -2.08. The van der Waals surface area contributed by atoms with Gasteiger partial charge in [0, 0.05) is 6.20 Å². The van der Waals surface area contributed by atoms with E-state index in [4.69, 9.17) is 22.5 Å². The van der Waals surface area contributed by atoms with Crippen molar-refractivity contribution in [1.82, 2.24) is 14.8 Å². The summed E-state index contributed by atoms with van der Waals surface area (Å²) < 4.78 is 1.51. The predicted molar refractivity (Wildman–Crippen MR) is 68.4 cm³/mol. The summed E-state index contributed by atoms with van der Waals surface area (Å²) in [7, 11) is 0. The molecule has 0 unspecified atom stereocenters. The minimum Gasteiger partial charge on any atom is -0.409 e. The highest BCUT2D eigenvalue weighted by molar-refractivity contribution is 6.31. The number of hydrogen-bond donors (Lipinski definition) is 2. The van der Waals surface area contributed by atoms with E-state index in [0.717, 1.165) is 5.56 Å². The van der Waals surface area contributed by atoms with Gasteiger partial charge in [-0.1, -0.05) is 16.8 Å². The molecule has 0 bridgehead atoms. The highest BCUT2D eigenvalue weighted by Crippen LogP contribution is 2.19. The molecule has 2 heterocycles. The predicted octanol–water partition coefficient (Wildman–Crippen LogP) is 1.63. The van der Waals surface area contributed by atoms with Crippen molar-refractivity contribution in [3.05, 3.63) is 40.3 Å². The van der Waals surface area contributed by atoms with Crippen LogP contribution in [0.15, 0.2) is 23.6 Å². The average molecular weight is 266 g/mol. The first-order valence-electron chi connectivity index (χ1n) is 5.20. The van der Waals surface area contributed by atoms with Crippen LogP contribution in [-0.4, -0.2) is 25.8 Å². The van der Waals surface area contributed by atoms with Crippen LogP contribution in [0.2, 0.25) is 5.02 Å². The van der Waals surface area contributed by atoms with Crippen molar-refractivity contribution in [2.24, 2.45) is 10.9 Å². The van der Waals surface area contributed by atoms with E-state index in [1.165, 1.54) is 4.68 Å². The molecule has 0 fully saturated rings. The quantitative estimate of drug-likeness (QED) is 0.374. The Morgan fingerprint density at radius 3 is 2.78 bits per heavy atom. The molecule has 0 amide bonds. The van der Waals surface area contributed by atoms with Crippen molar-refractivity contribution >= 4 is 17.4 Å². The van der Waals surface area contributed by atoms with Gasteiger partial charge in [0.15, 0.2) is 11.7 Å². The van der Waals surface area contributed by atoms with Crippen LogP contribution in [0.5, 0.6) is 0 Å². The average Bonchev–Trinajstić information content (AvgIpc) is 2.68. The normalized spacial score (nSPS) is 11.8. The number of aryl methyl sites for hydroxylation is 2. The highest BCUT2D eigenvalue weighted by atomic mass is 35.5. The molecule has 0 aliphatic heterocycles. The smallest absolute Gasteiger partial charge is 0.174 e. The van der Waals surface area contributed by atoms with Crippen LogP contribution in [0.1, 0.15) is 16.8 Å². The fourth-order valence-electron chi connectivity index (χ4n) is 1.63. The molecule has 3 N–H and O–H groups in total. The second-order valence-corrected chi connectivity index (χ2v) is 4.23. The van der Waals surface area contributed by atoms with E-state index >= 15 is 0 Å². The molecule has 0 aliphatic rings. The molecule has 2 aromatic heterocycles.